The highest BCUT2D eigenvalue weighted by Gasteiger charge is 2.32. The fraction of sp³-hybridized carbons (Fsp3) is 0.400. The zero-order valence-corrected chi connectivity index (χ0v) is 19.1. The highest BCUT2D eigenvalue weighted by atomic mass is 19.4. The lowest BCUT2D eigenvalue weighted by Crippen LogP contribution is -2.44. The van der Waals surface area contributed by atoms with Crippen molar-refractivity contribution in [2.45, 2.75) is 45.5 Å². The van der Waals surface area contributed by atoms with Gasteiger partial charge in [0.15, 0.2) is 0 Å². The van der Waals surface area contributed by atoms with Crippen LogP contribution in [-0.4, -0.2) is 40.0 Å². The van der Waals surface area contributed by atoms with E-state index in [1.54, 1.807) is 23.1 Å². The van der Waals surface area contributed by atoms with Crippen molar-refractivity contribution in [3.05, 3.63) is 65.0 Å². The van der Waals surface area contributed by atoms with Gasteiger partial charge in [0, 0.05) is 36.4 Å². The molecule has 0 aliphatic carbocycles. The number of hydrogen-bond acceptors (Lipinski definition) is 5. The van der Waals surface area contributed by atoms with Crippen LogP contribution in [0.5, 0.6) is 0 Å². The summed E-state index contributed by atoms with van der Waals surface area (Å²) in [5.41, 5.74) is 7.46. The van der Waals surface area contributed by atoms with Crippen LogP contribution in [0.1, 0.15) is 46.9 Å². The van der Waals surface area contributed by atoms with Gasteiger partial charge < -0.3 is 15.4 Å². The molecule has 2 N–H and O–H groups in total. The molecular formula is C25H27F3N4O2. The van der Waals surface area contributed by atoms with Crippen molar-refractivity contribution >= 4 is 22.6 Å². The predicted octanol–water partition coefficient (Wildman–Crippen LogP) is 5.00. The van der Waals surface area contributed by atoms with Gasteiger partial charge in [-0.1, -0.05) is 0 Å². The number of nitrogens with two attached hydrogens (primary N) is 1. The second-order valence-corrected chi connectivity index (χ2v) is 8.76. The Morgan fingerprint density at radius 1 is 1.21 bits per heavy atom. The summed E-state index contributed by atoms with van der Waals surface area (Å²) < 4.78 is 44.3. The summed E-state index contributed by atoms with van der Waals surface area (Å²) in [6.07, 6.45) is -2.03. The molecule has 1 saturated heterocycles. The van der Waals surface area contributed by atoms with Gasteiger partial charge in [-0.15, -0.1) is 0 Å². The molecule has 9 heteroatoms. The Labute approximate surface area is 195 Å². The van der Waals surface area contributed by atoms with E-state index in [-0.39, 0.29) is 24.4 Å². The number of benzene rings is 1. The topological polar surface area (TPSA) is 81.3 Å². The molecule has 1 aliphatic rings. The standard InChI is InChI=1S/C25H27F3N4O2/c1-15-11-19-12-18(3-6-22(19)31-23(15)29)24(33)32(16(2)17-7-9-34-10-8-17)14-21-5-4-20(13-30-21)25(26,27)28/h3-6,11-13,16-17H,7-10,14H2,1-2H3,(H2,29,31). The zero-order valence-electron chi connectivity index (χ0n) is 19.1. The Hall–Kier alpha value is -3.20. The van der Waals surface area contributed by atoms with Crippen molar-refractivity contribution in [2.75, 3.05) is 18.9 Å². The molecule has 3 heterocycles. The quantitative estimate of drug-likeness (QED) is 0.565. The molecular weight excluding hydrogens is 445 g/mol. The zero-order chi connectivity index (χ0) is 24.5. The first kappa shape index (κ1) is 23.9. The van der Waals surface area contributed by atoms with Crippen molar-refractivity contribution in [3.63, 3.8) is 0 Å². The summed E-state index contributed by atoms with van der Waals surface area (Å²) >= 11 is 0. The van der Waals surface area contributed by atoms with E-state index in [1.807, 2.05) is 19.9 Å². The highest BCUT2D eigenvalue weighted by Crippen LogP contribution is 2.30. The number of alkyl halides is 3. The lowest BCUT2D eigenvalue weighted by Gasteiger charge is -2.36. The van der Waals surface area contributed by atoms with Crippen LogP contribution < -0.4 is 5.73 Å². The van der Waals surface area contributed by atoms with E-state index in [4.69, 9.17) is 10.5 Å². The van der Waals surface area contributed by atoms with Crippen LogP contribution in [0.3, 0.4) is 0 Å². The third kappa shape index (κ3) is 5.14. The number of halogens is 3. The number of carbonyl (C=O) groups excluding carboxylic acids is 1. The molecule has 0 bridgehead atoms. The molecule has 1 fully saturated rings. The largest absolute Gasteiger partial charge is 0.417 e. The Balaban J connectivity index is 1.66. The summed E-state index contributed by atoms with van der Waals surface area (Å²) in [4.78, 5) is 23.8. The molecule has 4 rings (SSSR count). The average Bonchev–Trinajstić information content (AvgIpc) is 2.82. The maximum absolute atomic E-state index is 13.7. The Bertz CT molecular complexity index is 1180. The molecule has 34 heavy (non-hydrogen) atoms. The number of fused-ring (bicyclic) bond motifs is 1. The molecule has 2 aromatic heterocycles. The first-order chi connectivity index (χ1) is 16.1. The van der Waals surface area contributed by atoms with Crippen LogP contribution in [0.2, 0.25) is 0 Å². The fourth-order valence-electron chi connectivity index (χ4n) is 4.31. The molecule has 1 amide bonds. The summed E-state index contributed by atoms with van der Waals surface area (Å²) in [5.74, 6) is 0.447. The second kappa shape index (κ2) is 9.58. The number of hydrogen-bond donors (Lipinski definition) is 1. The van der Waals surface area contributed by atoms with Gasteiger partial charge in [-0.3, -0.25) is 9.78 Å². The number of aromatic nitrogens is 2. The van der Waals surface area contributed by atoms with Crippen LogP contribution >= 0.6 is 0 Å². The van der Waals surface area contributed by atoms with Crippen molar-refractivity contribution in [2.24, 2.45) is 5.92 Å². The lowest BCUT2D eigenvalue weighted by molar-refractivity contribution is -0.137. The number of aryl methyl sites for hydroxylation is 1. The minimum Gasteiger partial charge on any atom is -0.383 e. The molecule has 0 saturated carbocycles. The fourth-order valence-corrected chi connectivity index (χ4v) is 4.31. The van der Waals surface area contributed by atoms with Gasteiger partial charge in [0.1, 0.15) is 5.82 Å². The van der Waals surface area contributed by atoms with Crippen LogP contribution in [0.15, 0.2) is 42.6 Å². The SMILES string of the molecule is Cc1cc2cc(C(=O)N(Cc3ccc(C(F)(F)F)cn3)C(C)C3CCOCC3)ccc2nc1N. The minimum atomic E-state index is -4.46. The molecule has 6 nitrogen and oxygen atoms in total. The summed E-state index contributed by atoms with van der Waals surface area (Å²) in [7, 11) is 0. The van der Waals surface area contributed by atoms with Gasteiger partial charge in [-0.05, 0) is 74.6 Å². The van der Waals surface area contributed by atoms with Crippen molar-refractivity contribution in [3.8, 4) is 0 Å². The lowest BCUT2D eigenvalue weighted by atomic mass is 9.91. The van der Waals surface area contributed by atoms with E-state index in [1.165, 1.54) is 6.07 Å². The van der Waals surface area contributed by atoms with Crippen molar-refractivity contribution in [1.82, 2.24) is 14.9 Å². The third-order valence-corrected chi connectivity index (χ3v) is 6.48. The summed E-state index contributed by atoms with van der Waals surface area (Å²) in [5, 5.41) is 0.795. The normalized spacial score (nSPS) is 15.9. The third-order valence-electron chi connectivity index (χ3n) is 6.48. The van der Waals surface area contributed by atoms with Gasteiger partial charge in [-0.25, -0.2) is 4.98 Å². The Morgan fingerprint density at radius 2 is 1.94 bits per heavy atom. The first-order valence-corrected chi connectivity index (χ1v) is 11.2. The Morgan fingerprint density at radius 3 is 2.59 bits per heavy atom. The Kier molecular flexibility index (Phi) is 6.74. The van der Waals surface area contributed by atoms with Crippen LogP contribution in [0.25, 0.3) is 10.9 Å². The molecule has 1 aliphatic heterocycles. The number of pyridine rings is 2. The van der Waals surface area contributed by atoms with Crippen LogP contribution in [-0.2, 0) is 17.5 Å². The summed E-state index contributed by atoms with van der Waals surface area (Å²) in [6.45, 7) is 5.18. The van der Waals surface area contributed by atoms with E-state index in [0.717, 1.165) is 36.1 Å². The van der Waals surface area contributed by atoms with Gasteiger partial charge in [0.25, 0.3) is 5.91 Å². The number of anilines is 1. The molecule has 0 spiro atoms. The monoisotopic (exact) mass is 472 g/mol. The molecule has 1 aromatic carbocycles. The number of nitrogen functional groups attached to an aromatic ring is 1. The smallest absolute Gasteiger partial charge is 0.383 e. The molecule has 1 atom stereocenters. The highest BCUT2D eigenvalue weighted by molar-refractivity contribution is 5.98. The van der Waals surface area contributed by atoms with Crippen molar-refractivity contribution in [1.29, 1.82) is 0 Å². The van der Waals surface area contributed by atoms with Gasteiger partial charge in [-0.2, -0.15) is 13.2 Å². The van der Waals surface area contributed by atoms with Crippen LogP contribution in [0.4, 0.5) is 19.0 Å². The molecule has 0 radical (unpaired) electrons. The molecule has 180 valence electrons. The van der Waals surface area contributed by atoms with E-state index in [0.29, 0.717) is 35.8 Å². The van der Waals surface area contributed by atoms with E-state index < -0.39 is 11.7 Å². The van der Waals surface area contributed by atoms with Crippen LogP contribution in [0, 0.1) is 12.8 Å². The molecule has 1 unspecified atom stereocenters. The minimum absolute atomic E-state index is 0.104. The maximum Gasteiger partial charge on any atom is 0.417 e. The number of rotatable bonds is 5. The van der Waals surface area contributed by atoms with E-state index in [9.17, 15) is 18.0 Å². The van der Waals surface area contributed by atoms with Crippen molar-refractivity contribution < 1.29 is 22.7 Å². The number of nitrogens with zero attached hydrogens (tertiary/aromatic N) is 3. The molecule has 3 aromatic rings. The first-order valence-electron chi connectivity index (χ1n) is 11.2. The number of amides is 1. The summed E-state index contributed by atoms with van der Waals surface area (Å²) in [6, 6.07) is 9.30. The maximum atomic E-state index is 13.7. The van der Waals surface area contributed by atoms with Gasteiger partial charge in [0.05, 0.1) is 23.3 Å². The number of ether oxygens (including phenoxy) is 1. The van der Waals surface area contributed by atoms with E-state index >= 15 is 0 Å². The average molecular weight is 473 g/mol. The van der Waals surface area contributed by atoms with Gasteiger partial charge in [0.2, 0.25) is 0 Å². The van der Waals surface area contributed by atoms with Gasteiger partial charge >= 0.3 is 6.18 Å². The number of carbonyl (C=O) groups is 1. The van der Waals surface area contributed by atoms with E-state index in [2.05, 4.69) is 9.97 Å². The second-order valence-electron chi connectivity index (χ2n) is 8.76. The predicted molar refractivity (Wildman–Crippen MR) is 123 cm³/mol.